The second-order valence-electron chi connectivity index (χ2n) is 4.22. The van der Waals surface area contributed by atoms with Crippen molar-refractivity contribution in [3.05, 3.63) is 56.2 Å². The van der Waals surface area contributed by atoms with E-state index in [2.05, 4.69) is 20.9 Å². The highest BCUT2D eigenvalue weighted by atomic mass is 79.9. The van der Waals surface area contributed by atoms with Crippen LogP contribution in [0, 0.1) is 13.8 Å². The topological polar surface area (TPSA) is 60.9 Å². The van der Waals surface area contributed by atoms with E-state index in [1.807, 2.05) is 32.0 Å². The van der Waals surface area contributed by atoms with Gasteiger partial charge in [-0.1, -0.05) is 22.0 Å². The molecule has 0 radical (unpaired) electrons. The maximum absolute atomic E-state index is 11.9. The van der Waals surface area contributed by atoms with Crippen LogP contribution in [0.5, 0.6) is 0 Å². The molecule has 0 aliphatic rings. The van der Waals surface area contributed by atoms with Gasteiger partial charge in [-0.25, -0.2) is 4.98 Å². The van der Waals surface area contributed by atoms with Crippen LogP contribution >= 0.6 is 15.9 Å². The number of nitrogen functional groups attached to an aromatic ring is 1. The number of nitrogens with two attached hydrogens (primary N) is 1. The van der Waals surface area contributed by atoms with E-state index < -0.39 is 0 Å². The first-order valence-corrected chi connectivity index (χ1v) is 6.35. The first-order valence-electron chi connectivity index (χ1n) is 5.56. The third kappa shape index (κ3) is 2.61. The summed E-state index contributed by atoms with van der Waals surface area (Å²) in [4.78, 5) is 16.2. The van der Waals surface area contributed by atoms with Crippen LogP contribution in [0.1, 0.15) is 17.1 Å². The van der Waals surface area contributed by atoms with Crippen LogP contribution in [0.25, 0.3) is 0 Å². The predicted molar refractivity (Wildman–Crippen MR) is 75.6 cm³/mol. The number of anilines is 1. The van der Waals surface area contributed by atoms with Crippen molar-refractivity contribution in [1.82, 2.24) is 9.55 Å². The Morgan fingerprint density at radius 1 is 1.33 bits per heavy atom. The van der Waals surface area contributed by atoms with E-state index in [4.69, 9.17) is 5.73 Å². The molecule has 18 heavy (non-hydrogen) atoms. The fourth-order valence-electron chi connectivity index (χ4n) is 1.82. The highest BCUT2D eigenvalue weighted by Crippen LogP contribution is 2.20. The number of hydrogen-bond donors (Lipinski definition) is 1. The molecule has 2 N–H and O–H groups in total. The second-order valence-corrected chi connectivity index (χ2v) is 5.07. The van der Waals surface area contributed by atoms with Gasteiger partial charge in [0.1, 0.15) is 5.82 Å². The van der Waals surface area contributed by atoms with Gasteiger partial charge in [-0.05, 0) is 31.5 Å². The fraction of sp³-hybridized carbons (Fsp3) is 0.231. The van der Waals surface area contributed by atoms with E-state index in [0.717, 1.165) is 15.7 Å². The Bertz CT molecular complexity index is 649. The number of benzene rings is 1. The van der Waals surface area contributed by atoms with Gasteiger partial charge in [0.15, 0.2) is 0 Å². The lowest BCUT2D eigenvalue weighted by molar-refractivity contribution is 0.692. The molecule has 2 aromatic rings. The van der Waals surface area contributed by atoms with Crippen molar-refractivity contribution in [2.45, 2.75) is 20.4 Å². The molecular weight excluding hydrogens is 294 g/mol. The van der Waals surface area contributed by atoms with Crippen LogP contribution in [0.2, 0.25) is 0 Å². The van der Waals surface area contributed by atoms with Crippen molar-refractivity contribution in [2.75, 3.05) is 5.73 Å². The van der Waals surface area contributed by atoms with Crippen LogP contribution in [0.4, 0.5) is 5.69 Å². The van der Waals surface area contributed by atoms with Crippen molar-refractivity contribution in [1.29, 1.82) is 0 Å². The smallest absolute Gasteiger partial charge is 0.254 e. The molecule has 4 nitrogen and oxygen atoms in total. The van der Waals surface area contributed by atoms with E-state index >= 15 is 0 Å². The maximum atomic E-state index is 11.9. The molecule has 1 heterocycles. The Hall–Kier alpha value is -1.62. The molecular formula is C13H14BrN3O. The summed E-state index contributed by atoms with van der Waals surface area (Å²) in [6.07, 6.45) is 0. The molecule has 0 aliphatic heterocycles. The summed E-state index contributed by atoms with van der Waals surface area (Å²) in [6.45, 7) is 4.14. The van der Waals surface area contributed by atoms with Crippen LogP contribution in [-0.4, -0.2) is 9.55 Å². The van der Waals surface area contributed by atoms with Gasteiger partial charge >= 0.3 is 0 Å². The van der Waals surface area contributed by atoms with Crippen molar-refractivity contribution in [3.8, 4) is 0 Å². The van der Waals surface area contributed by atoms with Gasteiger partial charge in [0.2, 0.25) is 0 Å². The Morgan fingerprint density at radius 3 is 2.67 bits per heavy atom. The zero-order chi connectivity index (χ0) is 13.3. The molecule has 1 aromatic carbocycles. The number of nitrogens with zero attached hydrogens (tertiary/aromatic N) is 2. The lowest BCUT2D eigenvalue weighted by atomic mass is 10.2. The molecule has 0 unspecified atom stereocenters. The highest BCUT2D eigenvalue weighted by Gasteiger charge is 2.06. The van der Waals surface area contributed by atoms with Gasteiger partial charge in [0.25, 0.3) is 5.56 Å². The van der Waals surface area contributed by atoms with Crippen LogP contribution in [-0.2, 0) is 6.54 Å². The molecule has 0 fully saturated rings. The molecule has 0 spiro atoms. The minimum atomic E-state index is -0.0382. The molecule has 1 aromatic heterocycles. The summed E-state index contributed by atoms with van der Waals surface area (Å²) >= 11 is 3.45. The van der Waals surface area contributed by atoms with E-state index in [9.17, 15) is 4.79 Å². The van der Waals surface area contributed by atoms with E-state index in [-0.39, 0.29) is 5.56 Å². The third-order valence-electron chi connectivity index (χ3n) is 2.73. The number of aromatic nitrogens is 2. The maximum Gasteiger partial charge on any atom is 0.254 e. The number of aryl methyl sites for hydroxylation is 2. The summed E-state index contributed by atoms with van der Waals surface area (Å²) in [5.74, 6) is 0.712. The Labute approximate surface area is 114 Å². The van der Waals surface area contributed by atoms with Crippen LogP contribution < -0.4 is 11.3 Å². The highest BCUT2D eigenvalue weighted by molar-refractivity contribution is 9.10. The molecule has 0 amide bonds. The normalized spacial score (nSPS) is 10.6. The molecule has 0 saturated heterocycles. The Balaban J connectivity index is 2.43. The van der Waals surface area contributed by atoms with Gasteiger partial charge in [0.05, 0.1) is 6.54 Å². The zero-order valence-corrected chi connectivity index (χ0v) is 11.9. The van der Waals surface area contributed by atoms with Gasteiger partial charge in [0, 0.05) is 21.9 Å². The second kappa shape index (κ2) is 4.94. The standard InChI is InChI=1S/C13H14BrN3O/c1-8-5-13(18)17(9(2)16-8)7-10-3-4-11(15)6-12(10)14/h3-6H,7,15H2,1-2H3. The minimum Gasteiger partial charge on any atom is -0.399 e. The van der Waals surface area contributed by atoms with E-state index in [1.165, 1.54) is 6.07 Å². The quantitative estimate of drug-likeness (QED) is 0.866. The van der Waals surface area contributed by atoms with Crippen LogP contribution in [0.3, 0.4) is 0 Å². The van der Waals surface area contributed by atoms with Crippen molar-refractivity contribution >= 4 is 21.6 Å². The molecule has 0 aliphatic carbocycles. The summed E-state index contributed by atoms with van der Waals surface area (Å²) in [5.41, 5.74) is 8.08. The van der Waals surface area contributed by atoms with Crippen molar-refractivity contribution < 1.29 is 0 Å². The summed E-state index contributed by atoms with van der Waals surface area (Å²) in [6, 6.07) is 7.10. The summed E-state index contributed by atoms with van der Waals surface area (Å²) in [7, 11) is 0. The fourth-order valence-corrected chi connectivity index (χ4v) is 2.34. The summed E-state index contributed by atoms with van der Waals surface area (Å²) in [5, 5.41) is 0. The largest absolute Gasteiger partial charge is 0.399 e. The Kier molecular flexibility index (Phi) is 3.52. The van der Waals surface area contributed by atoms with E-state index in [1.54, 1.807) is 4.57 Å². The monoisotopic (exact) mass is 307 g/mol. The van der Waals surface area contributed by atoms with Gasteiger partial charge < -0.3 is 5.73 Å². The third-order valence-corrected chi connectivity index (χ3v) is 3.47. The minimum absolute atomic E-state index is 0.0382. The van der Waals surface area contributed by atoms with Gasteiger partial charge in [-0.15, -0.1) is 0 Å². The lowest BCUT2D eigenvalue weighted by Crippen LogP contribution is -2.24. The number of halogens is 1. The molecule has 0 bridgehead atoms. The SMILES string of the molecule is Cc1cc(=O)n(Cc2ccc(N)cc2Br)c(C)n1. The molecule has 2 rings (SSSR count). The van der Waals surface area contributed by atoms with Gasteiger partial charge in [-0.2, -0.15) is 0 Å². The molecule has 94 valence electrons. The first-order chi connectivity index (χ1) is 8.47. The van der Waals surface area contributed by atoms with Gasteiger partial charge in [-0.3, -0.25) is 9.36 Å². The van der Waals surface area contributed by atoms with E-state index in [0.29, 0.717) is 18.1 Å². The number of hydrogen-bond acceptors (Lipinski definition) is 3. The average Bonchev–Trinajstić information content (AvgIpc) is 2.25. The lowest BCUT2D eigenvalue weighted by Gasteiger charge is -2.11. The predicted octanol–water partition coefficient (Wildman–Crippen LogP) is 2.25. The first kappa shape index (κ1) is 12.8. The Morgan fingerprint density at radius 2 is 2.06 bits per heavy atom. The summed E-state index contributed by atoms with van der Waals surface area (Å²) < 4.78 is 2.54. The zero-order valence-electron chi connectivity index (χ0n) is 10.3. The average molecular weight is 308 g/mol. The van der Waals surface area contributed by atoms with Crippen molar-refractivity contribution in [2.24, 2.45) is 0 Å². The van der Waals surface area contributed by atoms with Crippen molar-refractivity contribution in [3.63, 3.8) is 0 Å². The number of rotatable bonds is 2. The molecule has 5 heteroatoms. The molecule has 0 atom stereocenters. The van der Waals surface area contributed by atoms with Crippen LogP contribution in [0.15, 0.2) is 33.5 Å². The molecule has 0 saturated carbocycles.